The van der Waals surface area contributed by atoms with Crippen LogP contribution in [0.3, 0.4) is 0 Å². The number of hydrogen-bond acceptors (Lipinski definition) is 6. The van der Waals surface area contributed by atoms with E-state index < -0.39 is 5.60 Å². The molecule has 1 aliphatic heterocycles. The summed E-state index contributed by atoms with van der Waals surface area (Å²) in [6.45, 7) is 9.38. The van der Waals surface area contributed by atoms with Crippen molar-refractivity contribution in [3.63, 3.8) is 0 Å². The van der Waals surface area contributed by atoms with Crippen molar-refractivity contribution in [3.8, 4) is 11.3 Å². The number of hydrogen-bond donors (Lipinski definition) is 0. The fraction of sp³-hybridized carbons (Fsp3) is 0.357. The zero-order valence-corrected chi connectivity index (χ0v) is 25.3. The maximum absolute atomic E-state index is 12.6. The van der Waals surface area contributed by atoms with Crippen molar-refractivity contribution in [3.05, 3.63) is 58.7 Å². The van der Waals surface area contributed by atoms with E-state index in [1.807, 2.05) is 58.2 Å². The fourth-order valence-corrected chi connectivity index (χ4v) is 5.91. The number of benzene rings is 1. The lowest BCUT2D eigenvalue weighted by atomic mass is 10.2. The first kappa shape index (κ1) is 27.4. The molecule has 4 aromatic rings. The summed E-state index contributed by atoms with van der Waals surface area (Å²) in [7, 11) is 5.81. The molecule has 0 saturated carbocycles. The second kappa shape index (κ2) is 10.8. The topological polar surface area (TPSA) is 66.2 Å². The molecule has 1 aliphatic rings. The van der Waals surface area contributed by atoms with Crippen molar-refractivity contribution in [2.24, 2.45) is 0 Å². The Labute approximate surface area is 240 Å². The van der Waals surface area contributed by atoms with Crippen molar-refractivity contribution in [2.75, 3.05) is 36.5 Å². The number of nitrogens with zero attached hydrogens (tertiary/aromatic N) is 6. The number of imidazole rings is 1. The van der Waals surface area contributed by atoms with Gasteiger partial charge in [-0.15, -0.1) is 11.3 Å². The molecule has 39 heavy (non-hydrogen) atoms. The van der Waals surface area contributed by atoms with Crippen LogP contribution >= 0.6 is 31.8 Å². The summed E-state index contributed by atoms with van der Waals surface area (Å²) in [5.41, 5.74) is 5.17. The number of thiazole rings is 1. The van der Waals surface area contributed by atoms with E-state index in [0.29, 0.717) is 24.7 Å². The van der Waals surface area contributed by atoms with Crippen LogP contribution in [0.2, 0.25) is 5.02 Å². The standard InChI is InChI=1S/C28H32ClN6O2PS/c1-6-21-25(32(5)26-31-22(17-39-26)18-7-9-19(29)10-8-18)35-15-20(11-12-23(35)30-21)34-14-13-33(16-24(34)38)27(36)37-28(2,3)4/h7-12,15,17,38H,6,13-14,16H2,1-5H3. The van der Waals surface area contributed by atoms with E-state index in [4.69, 9.17) is 26.3 Å². The minimum absolute atomic E-state index is 0.305. The number of aromatic nitrogens is 3. The highest BCUT2D eigenvalue weighted by Crippen LogP contribution is 2.35. The first-order valence-corrected chi connectivity index (χ1v) is 14.6. The van der Waals surface area contributed by atoms with Gasteiger partial charge in [-0.2, -0.15) is 0 Å². The summed E-state index contributed by atoms with van der Waals surface area (Å²) in [6, 6.07) is 11.8. The Kier molecular flexibility index (Phi) is 7.60. The number of carbonyl (C=O) groups is 1. The molecule has 0 atom stereocenters. The number of rotatable bonds is 5. The molecule has 1 aromatic carbocycles. The minimum Gasteiger partial charge on any atom is -0.444 e. The van der Waals surface area contributed by atoms with Gasteiger partial charge in [-0.25, -0.2) is 14.8 Å². The molecule has 0 radical (unpaired) electrons. The Hall–Kier alpha value is -3.13. The van der Waals surface area contributed by atoms with Crippen LogP contribution in [0.4, 0.5) is 21.4 Å². The molecule has 1 fully saturated rings. The van der Waals surface area contributed by atoms with Crippen LogP contribution in [0.1, 0.15) is 33.4 Å². The molecule has 0 N–H and O–H groups in total. The normalized spacial score (nSPS) is 14.3. The lowest BCUT2D eigenvalue weighted by Gasteiger charge is -2.37. The molecule has 4 heterocycles. The highest BCUT2D eigenvalue weighted by molar-refractivity contribution is 7.21. The van der Waals surface area contributed by atoms with Crippen LogP contribution in [-0.2, 0) is 11.2 Å². The average Bonchev–Trinajstić information content (AvgIpc) is 3.52. The molecule has 0 bridgehead atoms. The van der Waals surface area contributed by atoms with Gasteiger partial charge in [0.1, 0.15) is 17.1 Å². The Morgan fingerprint density at radius 2 is 1.90 bits per heavy atom. The van der Waals surface area contributed by atoms with Gasteiger partial charge in [-0.1, -0.05) is 39.5 Å². The Morgan fingerprint density at radius 1 is 1.15 bits per heavy atom. The van der Waals surface area contributed by atoms with E-state index in [9.17, 15) is 4.79 Å². The number of amides is 1. The first-order valence-electron chi connectivity index (χ1n) is 12.8. The van der Waals surface area contributed by atoms with Crippen LogP contribution in [0.25, 0.3) is 16.9 Å². The molecular formula is C28H32ClN6O2PS. The predicted octanol–water partition coefficient (Wildman–Crippen LogP) is 6.77. The van der Waals surface area contributed by atoms with Gasteiger partial charge in [0.2, 0.25) is 0 Å². The zero-order valence-electron chi connectivity index (χ0n) is 22.7. The molecule has 0 unspecified atom stereocenters. The Balaban J connectivity index is 1.42. The van der Waals surface area contributed by atoms with E-state index in [1.165, 1.54) is 0 Å². The van der Waals surface area contributed by atoms with Crippen LogP contribution < -0.4 is 9.80 Å². The van der Waals surface area contributed by atoms with Crippen molar-refractivity contribution < 1.29 is 9.53 Å². The van der Waals surface area contributed by atoms with E-state index in [0.717, 1.165) is 51.1 Å². The Bertz CT molecular complexity index is 1530. The van der Waals surface area contributed by atoms with Gasteiger partial charge in [0.15, 0.2) is 5.13 Å². The van der Waals surface area contributed by atoms with Gasteiger partial charge < -0.3 is 19.4 Å². The van der Waals surface area contributed by atoms with Crippen LogP contribution in [0.15, 0.2) is 48.0 Å². The van der Waals surface area contributed by atoms with E-state index >= 15 is 0 Å². The average molecular weight is 583 g/mol. The molecule has 3 aromatic heterocycles. The molecule has 1 saturated heterocycles. The summed E-state index contributed by atoms with van der Waals surface area (Å²) in [5, 5.41) is 3.64. The number of carbonyl (C=O) groups excluding carboxylic acids is 1. The SMILES string of the molecule is CCc1nc2ccc(N3CCN(C(=O)OC(C)(C)C)CC3=P)cn2c1N(C)c1nc(-c2ccc(Cl)cc2)cs1. The number of ether oxygens (including phenoxy) is 1. The smallest absolute Gasteiger partial charge is 0.410 e. The fourth-order valence-electron chi connectivity index (χ4n) is 4.55. The monoisotopic (exact) mass is 582 g/mol. The molecular weight excluding hydrogens is 551 g/mol. The maximum atomic E-state index is 12.6. The molecule has 1 amide bonds. The largest absolute Gasteiger partial charge is 0.444 e. The van der Waals surface area contributed by atoms with E-state index in [-0.39, 0.29) is 6.09 Å². The number of halogens is 1. The number of anilines is 3. The second-order valence-electron chi connectivity index (χ2n) is 10.4. The molecule has 11 heteroatoms. The van der Waals surface area contributed by atoms with Gasteiger partial charge in [0.05, 0.1) is 29.0 Å². The van der Waals surface area contributed by atoms with Gasteiger partial charge >= 0.3 is 6.09 Å². The van der Waals surface area contributed by atoms with Gasteiger partial charge in [0, 0.05) is 42.3 Å². The summed E-state index contributed by atoms with van der Waals surface area (Å²) in [5.74, 6) is 0.981. The summed E-state index contributed by atoms with van der Waals surface area (Å²) in [6.07, 6.45) is 2.58. The molecule has 0 spiro atoms. The number of aryl methyl sites for hydroxylation is 1. The zero-order chi connectivity index (χ0) is 27.9. The molecule has 0 aliphatic carbocycles. The van der Waals surface area contributed by atoms with Gasteiger partial charge in [-0.3, -0.25) is 4.40 Å². The molecule has 5 rings (SSSR count). The minimum atomic E-state index is -0.529. The Morgan fingerprint density at radius 3 is 2.56 bits per heavy atom. The summed E-state index contributed by atoms with van der Waals surface area (Å²) >= 11 is 7.66. The number of piperazine rings is 1. The van der Waals surface area contributed by atoms with Crippen molar-refractivity contribution in [2.45, 2.75) is 39.7 Å². The summed E-state index contributed by atoms with van der Waals surface area (Å²) in [4.78, 5) is 28.4. The van der Waals surface area contributed by atoms with Gasteiger partial charge in [-0.05, 0) is 51.5 Å². The lowest BCUT2D eigenvalue weighted by Crippen LogP contribution is -2.52. The third-order valence-corrected chi connectivity index (χ3v) is 8.04. The maximum Gasteiger partial charge on any atom is 0.410 e. The number of fused-ring (bicyclic) bond motifs is 1. The van der Waals surface area contributed by atoms with E-state index in [2.05, 4.69) is 47.6 Å². The van der Waals surface area contributed by atoms with Crippen LogP contribution in [0.5, 0.6) is 0 Å². The lowest BCUT2D eigenvalue weighted by molar-refractivity contribution is 0.0276. The van der Waals surface area contributed by atoms with Crippen molar-refractivity contribution in [1.29, 1.82) is 0 Å². The molecule has 204 valence electrons. The van der Waals surface area contributed by atoms with Crippen molar-refractivity contribution >= 4 is 65.6 Å². The van der Waals surface area contributed by atoms with Crippen LogP contribution in [-0.4, -0.2) is 63.1 Å². The number of pyridine rings is 1. The predicted molar refractivity (Wildman–Crippen MR) is 164 cm³/mol. The first-order chi connectivity index (χ1) is 18.5. The third-order valence-electron chi connectivity index (χ3n) is 6.44. The van der Waals surface area contributed by atoms with Crippen LogP contribution in [0, 0.1) is 0 Å². The highest BCUT2D eigenvalue weighted by atomic mass is 35.5. The van der Waals surface area contributed by atoms with E-state index in [1.54, 1.807) is 16.2 Å². The quantitative estimate of drug-likeness (QED) is 0.242. The van der Waals surface area contributed by atoms with Gasteiger partial charge in [0.25, 0.3) is 0 Å². The third kappa shape index (κ3) is 5.76. The molecule has 8 nitrogen and oxygen atoms in total. The van der Waals surface area contributed by atoms with Crippen molar-refractivity contribution in [1.82, 2.24) is 19.3 Å². The summed E-state index contributed by atoms with van der Waals surface area (Å²) < 4.78 is 7.69. The highest BCUT2D eigenvalue weighted by Gasteiger charge is 2.29. The second-order valence-corrected chi connectivity index (χ2v) is 12.3.